The van der Waals surface area contributed by atoms with Crippen molar-refractivity contribution in [1.29, 1.82) is 0 Å². The molecule has 0 aliphatic rings. The lowest BCUT2D eigenvalue weighted by Crippen LogP contribution is -2.05. The first kappa shape index (κ1) is 14.2. The van der Waals surface area contributed by atoms with E-state index in [1.54, 1.807) is 11.3 Å². The van der Waals surface area contributed by atoms with Crippen LogP contribution in [0, 0.1) is 6.92 Å². The van der Waals surface area contributed by atoms with Gasteiger partial charge in [0.25, 0.3) is 0 Å². The Hall–Kier alpha value is -1.21. The highest BCUT2D eigenvalue weighted by Crippen LogP contribution is 2.30. The van der Waals surface area contributed by atoms with Gasteiger partial charge in [0.2, 0.25) is 0 Å². The number of nitrogens with one attached hydrogen (secondary N) is 1. The van der Waals surface area contributed by atoms with Gasteiger partial charge in [0.15, 0.2) is 4.34 Å². The summed E-state index contributed by atoms with van der Waals surface area (Å²) in [4.78, 5) is 9.07. The van der Waals surface area contributed by atoms with Crippen molar-refractivity contribution in [3.63, 3.8) is 0 Å². The van der Waals surface area contributed by atoms with Crippen molar-refractivity contribution in [2.75, 3.05) is 11.9 Å². The summed E-state index contributed by atoms with van der Waals surface area (Å²) in [6.07, 6.45) is 0. The van der Waals surface area contributed by atoms with Crippen LogP contribution in [-0.2, 0) is 0 Å². The van der Waals surface area contributed by atoms with Gasteiger partial charge < -0.3 is 5.32 Å². The van der Waals surface area contributed by atoms with Crippen molar-refractivity contribution in [2.45, 2.75) is 43.0 Å². The molecule has 2 rings (SSSR count). The lowest BCUT2D eigenvalue weighted by Gasteiger charge is -2.09. The lowest BCUT2D eigenvalue weighted by atomic mass is 10.2. The molecule has 2 aromatic heterocycles. The summed E-state index contributed by atoms with van der Waals surface area (Å²) in [5, 5.41) is 13.2. The molecule has 102 valence electrons. The van der Waals surface area contributed by atoms with Crippen LogP contribution in [0.25, 0.3) is 0 Å². The van der Waals surface area contributed by atoms with E-state index >= 15 is 0 Å². The predicted octanol–water partition coefficient (Wildman–Crippen LogP) is 3.34. The lowest BCUT2D eigenvalue weighted by molar-refractivity contribution is 0.754. The Balaban J connectivity index is 2.27. The quantitative estimate of drug-likeness (QED) is 0.854. The highest BCUT2D eigenvalue weighted by atomic mass is 32.2. The van der Waals surface area contributed by atoms with Crippen LogP contribution in [0.5, 0.6) is 0 Å². The molecule has 7 heteroatoms. The fourth-order valence-electron chi connectivity index (χ4n) is 1.43. The first-order chi connectivity index (χ1) is 9.08. The fraction of sp³-hybridized carbons (Fsp3) is 0.500. The standard InChI is InChI=1S/C12H17N5S2/c1-5-13-9-6-10(15-11(14-9)7(2)3)19-12-17-16-8(4)18-12/h6-7H,5H2,1-4H3,(H,13,14,15). The van der Waals surface area contributed by atoms with E-state index in [-0.39, 0.29) is 0 Å². The molecular weight excluding hydrogens is 278 g/mol. The second-order valence-corrected chi connectivity index (χ2v) is 6.77. The minimum atomic E-state index is 0.300. The van der Waals surface area contributed by atoms with Crippen molar-refractivity contribution in [2.24, 2.45) is 0 Å². The molecule has 0 bridgehead atoms. The summed E-state index contributed by atoms with van der Waals surface area (Å²) in [5.41, 5.74) is 0. The number of aromatic nitrogens is 4. The van der Waals surface area contributed by atoms with Crippen LogP contribution in [0.4, 0.5) is 5.82 Å². The van der Waals surface area contributed by atoms with Crippen LogP contribution in [0.1, 0.15) is 37.5 Å². The normalized spacial score (nSPS) is 11.0. The van der Waals surface area contributed by atoms with Gasteiger partial charge in [-0.2, -0.15) is 0 Å². The van der Waals surface area contributed by atoms with Crippen molar-refractivity contribution in [3.05, 3.63) is 16.9 Å². The molecule has 0 atom stereocenters. The number of anilines is 1. The molecule has 0 amide bonds. The van der Waals surface area contributed by atoms with Crippen LogP contribution in [-0.4, -0.2) is 26.7 Å². The van der Waals surface area contributed by atoms with Crippen LogP contribution in [0.2, 0.25) is 0 Å². The van der Waals surface area contributed by atoms with Crippen LogP contribution < -0.4 is 5.32 Å². The van der Waals surface area contributed by atoms with E-state index in [1.807, 2.05) is 13.0 Å². The fourth-order valence-corrected chi connectivity index (χ4v) is 3.21. The van der Waals surface area contributed by atoms with Gasteiger partial charge in [-0.15, -0.1) is 10.2 Å². The smallest absolute Gasteiger partial charge is 0.180 e. The van der Waals surface area contributed by atoms with Gasteiger partial charge in [-0.1, -0.05) is 25.2 Å². The molecule has 0 aliphatic heterocycles. The molecule has 2 heterocycles. The first-order valence-corrected chi connectivity index (χ1v) is 7.82. The summed E-state index contributed by atoms with van der Waals surface area (Å²) in [6.45, 7) is 9.03. The van der Waals surface area contributed by atoms with Crippen molar-refractivity contribution < 1.29 is 0 Å². The third-order valence-electron chi connectivity index (χ3n) is 2.29. The van der Waals surface area contributed by atoms with E-state index in [2.05, 4.69) is 46.3 Å². The van der Waals surface area contributed by atoms with Crippen LogP contribution in [0.3, 0.4) is 0 Å². The Kier molecular flexibility index (Phi) is 4.71. The molecule has 0 spiro atoms. The molecule has 2 aromatic rings. The topological polar surface area (TPSA) is 63.6 Å². The molecule has 0 unspecified atom stereocenters. The molecule has 0 saturated heterocycles. The Bertz CT molecular complexity index is 553. The van der Waals surface area contributed by atoms with Gasteiger partial charge in [-0.25, -0.2) is 9.97 Å². The third kappa shape index (κ3) is 3.87. The minimum absolute atomic E-state index is 0.300. The van der Waals surface area contributed by atoms with E-state index in [0.29, 0.717) is 5.92 Å². The molecule has 5 nitrogen and oxygen atoms in total. The Labute approximate surface area is 121 Å². The zero-order chi connectivity index (χ0) is 13.8. The predicted molar refractivity (Wildman–Crippen MR) is 79.1 cm³/mol. The van der Waals surface area contributed by atoms with Gasteiger partial charge >= 0.3 is 0 Å². The first-order valence-electron chi connectivity index (χ1n) is 6.19. The van der Waals surface area contributed by atoms with Crippen molar-refractivity contribution >= 4 is 28.9 Å². The molecule has 0 fully saturated rings. The highest BCUT2D eigenvalue weighted by molar-refractivity contribution is 8.01. The Morgan fingerprint density at radius 3 is 2.68 bits per heavy atom. The van der Waals surface area contributed by atoms with Crippen molar-refractivity contribution in [3.8, 4) is 0 Å². The second kappa shape index (κ2) is 6.29. The largest absolute Gasteiger partial charge is 0.370 e. The molecular formula is C12H17N5S2. The van der Waals surface area contributed by atoms with E-state index in [4.69, 9.17) is 0 Å². The minimum Gasteiger partial charge on any atom is -0.370 e. The number of aryl methyl sites for hydroxylation is 1. The molecule has 19 heavy (non-hydrogen) atoms. The molecule has 0 aliphatic carbocycles. The number of hydrogen-bond acceptors (Lipinski definition) is 7. The van der Waals surface area contributed by atoms with Gasteiger partial charge in [0.1, 0.15) is 21.7 Å². The monoisotopic (exact) mass is 295 g/mol. The van der Waals surface area contributed by atoms with E-state index in [0.717, 1.165) is 32.6 Å². The van der Waals surface area contributed by atoms with Gasteiger partial charge in [-0.05, 0) is 25.6 Å². The Morgan fingerprint density at radius 1 is 1.32 bits per heavy atom. The second-order valence-electron chi connectivity index (χ2n) is 4.32. The SMILES string of the molecule is CCNc1cc(Sc2nnc(C)s2)nc(C(C)C)n1. The summed E-state index contributed by atoms with van der Waals surface area (Å²) >= 11 is 3.11. The summed E-state index contributed by atoms with van der Waals surface area (Å²) < 4.78 is 0.911. The maximum atomic E-state index is 4.57. The zero-order valence-corrected chi connectivity index (χ0v) is 13.1. The summed E-state index contributed by atoms with van der Waals surface area (Å²) in [6, 6.07) is 1.96. The number of hydrogen-bond donors (Lipinski definition) is 1. The van der Waals surface area contributed by atoms with Crippen molar-refractivity contribution in [1.82, 2.24) is 20.2 Å². The van der Waals surface area contributed by atoms with E-state index < -0.39 is 0 Å². The maximum absolute atomic E-state index is 4.57. The summed E-state index contributed by atoms with van der Waals surface area (Å²) in [5.74, 6) is 2.02. The Morgan fingerprint density at radius 2 is 2.11 bits per heavy atom. The molecule has 0 aromatic carbocycles. The van der Waals surface area contributed by atoms with E-state index in [9.17, 15) is 0 Å². The number of rotatable bonds is 5. The van der Waals surface area contributed by atoms with Crippen LogP contribution >= 0.6 is 23.1 Å². The molecule has 1 N–H and O–H groups in total. The molecule has 0 saturated carbocycles. The van der Waals surface area contributed by atoms with Crippen LogP contribution in [0.15, 0.2) is 15.4 Å². The maximum Gasteiger partial charge on any atom is 0.180 e. The molecule has 0 radical (unpaired) electrons. The summed E-state index contributed by atoms with van der Waals surface area (Å²) in [7, 11) is 0. The third-order valence-corrected chi connectivity index (χ3v) is 4.10. The van der Waals surface area contributed by atoms with Gasteiger partial charge in [0.05, 0.1) is 0 Å². The average Bonchev–Trinajstić information content (AvgIpc) is 2.75. The number of nitrogens with zero attached hydrogens (tertiary/aromatic N) is 4. The van der Waals surface area contributed by atoms with E-state index in [1.165, 1.54) is 11.8 Å². The van der Waals surface area contributed by atoms with Gasteiger partial charge in [-0.3, -0.25) is 0 Å². The zero-order valence-electron chi connectivity index (χ0n) is 11.5. The average molecular weight is 295 g/mol. The highest BCUT2D eigenvalue weighted by Gasteiger charge is 2.11. The van der Waals surface area contributed by atoms with Gasteiger partial charge in [0, 0.05) is 18.5 Å².